The lowest BCUT2D eigenvalue weighted by molar-refractivity contribution is -0.120. The third kappa shape index (κ3) is 4.26. The van der Waals surface area contributed by atoms with Crippen LogP contribution in [0.25, 0.3) is 0 Å². The Bertz CT molecular complexity index is 679. The van der Waals surface area contributed by atoms with Crippen LogP contribution in [0.1, 0.15) is 32.6 Å². The highest BCUT2D eigenvalue weighted by Gasteiger charge is 2.36. The first kappa shape index (κ1) is 17.8. The van der Waals surface area contributed by atoms with Crippen molar-refractivity contribution in [2.45, 2.75) is 38.6 Å². The topological polar surface area (TPSA) is 66.5 Å². The number of carbonyl (C=O) groups is 1. The molecule has 1 unspecified atom stereocenters. The summed E-state index contributed by atoms with van der Waals surface area (Å²) in [6.07, 6.45) is 2.21. The molecule has 0 radical (unpaired) electrons. The van der Waals surface area contributed by atoms with Crippen LogP contribution in [-0.4, -0.2) is 37.0 Å². The smallest absolute Gasteiger partial charge is 0.242 e. The van der Waals surface area contributed by atoms with Crippen molar-refractivity contribution in [3.8, 4) is 0 Å². The lowest BCUT2D eigenvalue weighted by atomic mass is 10.0. The molecule has 8 heteroatoms. The molecule has 1 fully saturated rings. The predicted molar refractivity (Wildman–Crippen MR) is 83.4 cm³/mol. The predicted octanol–water partition coefficient (Wildman–Crippen LogP) is 2.50. The minimum atomic E-state index is -3.53. The number of amides is 1. The molecular formula is C15H20F2N2O3S. The van der Waals surface area contributed by atoms with Crippen molar-refractivity contribution in [1.82, 2.24) is 4.31 Å². The molecule has 1 N–H and O–H groups in total. The van der Waals surface area contributed by atoms with Crippen molar-refractivity contribution >= 4 is 21.6 Å². The maximum Gasteiger partial charge on any atom is 0.242 e. The summed E-state index contributed by atoms with van der Waals surface area (Å²) in [6.45, 7) is 2.02. The number of nitrogens with one attached hydrogen (secondary N) is 1. The van der Waals surface area contributed by atoms with E-state index in [1.54, 1.807) is 6.92 Å². The lowest BCUT2D eigenvalue weighted by Gasteiger charge is -2.33. The van der Waals surface area contributed by atoms with E-state index in [4.69, 9.17) is 0 Å². The van der Waals surface area contributed by atoms with Gasteiger partial charge in [-0.1, -0.05) is 13.3 Å². The summed E-state index contributed by atoms with van der Waals surface area (Å²) in [4.78, 5) is 12.4. The Balaban J connectivity index is 2.20. The fourth-order valence-corrected chi connectivity index (χ4v) is 4.43. The van der Waals surface area contributed by atoms with E-state index in [2.05, 4.69) is 5.32 Å². The third-order valence-corrected chi connectivity index (χ3v) is 5.84. The first-order valence-electron chi connectivity index (χ1n) is 7.60. The Labute approximate surface area is 134 Å². The fourth-order valence-electron chi connectivity index (χ4n) is 2.68. The van der Waals surface area contributed by atoms with Crippen molar-refractivity contribution in [3.63, 3.8) is 0 Å². The Morgan fingerprint density at radius 1 is 1.35 bits per heavy atom. The first-order chi connectivity index (χ1) is 10.8. The van der Waals surface area contributed by atoms with Gasteiger partial charge in [-0.25, -0.2) is 17.2 Å². The number of sulfonamides is 1. The normalized spacial score (nSPS) is 19.5. The van der Waals surface area contributed by atoms with Crippen LogP contribution in [0.15, 0.2) is 18.2 Å². The number of piperidine rings is 1. The summed E-state index contributed by atoms with van der Waals surface area (Å²) < 4.78 is 52.6. The van der Waals surface area contributed by atoms with Crippen LogP contribution < -0.4 is 5.32 Å². The molecule has 1 amide bonds. The molecule has 0 aromatic heterocycles. The summed E-state index contributed by atoms with van der Waals surface area (Å²) in [5, 5.41) is 2.30. The van der Waals surface area contributed by atoms with E-state index in [1.807, 2.05) is 0 Å². The van der Waals surface area contributed by atoms with E-state index in [0.29, 0.717) is 25.7 Å². The first-order valence-corrected chi connectivity index (χ1v) is 9.21. The number of halogens is 2. The molecule has 2 rings (SSSR count). The molecule has 1 aliphatic rings. The molecule has 23 heavy (non-hydrogen) atoms. The van der Waals surface area contributed by atoms with Crippen LogP contribution in [0.2, 0.25) is 0 Å². The van der Waals surface area contributed by atoms with Crippen molar-refractivity contribution in [2.75, 3.05) is 17.6 Å². The molecule has 1 aliphatic heterocycles. The molecule has 0 spiro atoms. The largest absolute Gasteiger partial charge is 0.322 e. The molecular weight excluding hydrogens is 326 g/mol. The van der Waals surface area contributed by atoms with Crippen LogP contribution in [0.5, 0.6) is 0 Å². The standard InChI is InChI=1S/C15H20F2N2O3S/c1-2-9-23(21,22)19-8-4-3-5-14(19)15(20)18-13-10-11(16)6-7-12(13)17/h6-7,10,14H,2-5,8-9H2,1H3,(H,18,20). The fraction of sp³-hybridized carbons (Fsp3) is 0.533. The van der Waals surface area contributed by atoms with Crippen LogP contribution in [0.3, 0.4) is 0 Å². The summed E-state index contributed by atoms with van der Waals surface area (Å²) >= 11 is 0. The van der Waals surface area contributed by atoms with E-state index < -0.39 is 33.6 Å². The number of hydrogen-bond donors (Lipinski definition) is 1. The Hall–Kier alpha value is -1.54. The van der Waals surface area contributed by atoms with Gasteiger partial charge in [0, 0.05) is 12.6 Å². The van der Waals surface area contributed by atoms with Gasteiger partial charge in [0.2, 0.25) is 15.9 Å². The molecule has 1 atom stereocenters. The van der Waals surface area contributed by atoms with Gasteiger partial charge >= 0.3 is 0 Å². The van der Waals surface area contributed by atoms with Crippen molar-refractivity contribution in [3.05, 3.63) is 29.8 Å². The van der Waals surface area contributed by atoms with Gasteiger partial charge in [-0.2, -0.15) is 4.31 Å². The van der Waals surface area contributed by atoms with Crippen molar-refractivity contribution in [1.29, 1.82) is 0 Å². The quantitative estimate of drug-likeness (QED) is 0.891. The Kier molecular flexibility index (Phi) is 5.69. The second-order valence-electron chi connectivity index (χ2n) is 5.55. The summed E-state index contributed by atoms with van der Waals surface area (Å²) in [5.41, 5.74) is -0.284. The van der Waals surface area contributed by atoms with Crippen molar-refractivity contribution in [2.24, 2.45) is 0 Å². The average Bonchev–Trinajstić information content (AvgIpc) is 2.51. The maximum atomic E-state index is 13.6. The zero-order chi connectivity index (χ0) is 17.0. The van der Waals surface area contributed by atoms with E-state index in [-0.39, 0.29) is 18.0 Å². The van der Waals surface area contributed by atoms with Gasteiger partial charge in [-0.05, 0) is 31.4 Å². The Morgan fingerprint density at radius 3 is 2.78 bits per heavy atom. The Morgan fingerprint density at radius 2 is 2.09 bits per heavy atom. The lowest BCUT2D eigenvalue weighted by Crippen LogP contribution is -2.50. The highest BCUT2D eigenvalue weighted by Crippen LogP contribution is 2.23. The minimum Gasteiger partial charge on any atom is -0.322 e. The summed E-state index contributed by atoms with van der Waals surface area (Å²) in [6, 6.07) is 1.85. The minimum absolute atomic E-state index is 0.0366. The second kappa shape index (κ2) is 7.35. The number of anilines is 1. The van der Waals surface area contributed by atoms with Crippen LogP contribution in [0.4, 0.5) is 14.5 Å². The van der Waals surface area contributed by atoms with E-state index in [0.717, 1.165) is 18.2 Å². The maximum absolute atomic E-state index is 13.6. The van der Waals surface area contributed by atoms with Gasteiger partial charge in [-0.15, -0.1) is 0 Å². The van der Waals surface area contributed by atoms with Gasteiger partial charge in [0.05, 0.1) is 11.4 Å². The van der Waals surface area contributed by atoms with Gasteiger partial charge in [-0.3, -0.25) is 4.79 Å². The number of benzene rings is 1. The highest BCUT2D eigenvalue weighted by atomic mass is 32.2. The molecule has 0 bridgehead atoms. The average molecular weight is 346 g/mol. The zero-order valence-electron chi connectivity index (χ0n) is 12.9. The van der Waals surface area contributed by atoms with Gasteiger partial charge in [0.25, 0.3) is 0 Å². The molecule has 0 saturated carbocycles. The molecule has 1 saturated heterocycles. The number of carbonyl (C=O) groups excluding carboxylic acids is 1. The van der Waals surface area contributed by atoms with Crippen LogP contribution in [0, 0.1) is 11.6 Å². The third-order valence-electron chi connectivity index (χ3n) is 3.76. The van der Waals surface area contributed by atoms with E-state index >= 15 is 0 Å². The van der Waals surface area contributed by atoms with Crippen molar-refractivity contribution < 1.29 is 22.0 Å². The van der Waals surface area contributed by atoms with Gasteiger partial charge in [0.1, 0.15) is 17.7 Å². The van der Waals surface area contributed by atoms with E-state index in [9.17, 15) is 22.0 Å². The summed E-state index contributed by atoms with van der Waals surface area (Å²) in [5.74, 6) is -2.11. The molecule has 5 nitrogen and oxygen atoms in total. The molecule has 128 valence electrons. The molecule has 0 aliphatic carbocycles. The summed E-state index contributed by atoms with van der Waals surface area (Å²) in [7, 11) is -3.53. The SMILES string of the molecule is CCCS(=O)(=O)N1CCCCC1C(=O)Nc1cc(F)ccc1F. The number of hydrogen-bond acceptors (Lipinski definition) is 3. The number of nitrogens with zero attached hydrogens (tertiary/aromatic N) is 1. The van der Waals surface area contributed by atoms with Crippen LogP contribution in [-0.2, 0) is 14.8 Å². The highest BCUT2D eigenvalue weighted by molar-refractivity contribution is 7.89. The van der Waals surface area contributed by atoms with Gasteiger partial charge in [0.15, 0.2) is 0 Å². The zero-order valence-corrected chi connectivity index (χ0v) is 13.7. The number of rotatable bonds is 5. The molecule has 1 aromatic carbocycles. The van der Waals surface area contributed by atoms with E-state index in [1.165, 1.54) is 4.31 Å². The molecule has 1 aromatic rings. The second-order valence-corrected chi connectivity index (χ2v) is 7.59. The molecule has 1 heterocycles. The monoisotopic (exact) mass is 346 g/mol. The van der Waals surface area contributed by atoms with Gasteiger partial charge < -0.3 is 5.32 Å². The van der Waals surface area contributed by atoms with Crippen LogP contribution >= 0.6 is 0 Å².